The highest BCUT2D eigenvalue weighted by Gasteiger charge is 2.03. The largest absolute Gasteiger partial charge is 0.505 e. The minimum absolute atomic E-state index is 0.120. The van der Waals surface area contributed by atoms with E-state index in [2.05, 4.69) is 14.7 Å². The monoisotopic (exact) mass is 206 g/mol. The first kappa shape index (κ1) is 9.51. The third kappa shape index (κ3) is 2.25. The van der Waals surface area contributed by atoms with Crippen LogP contribution in [0.3, 0.4) is 0 Å². The zero-order valence-corrected chi connectivity index (χ0v) is 7.93. The van der Waals surface area contributed by atoms with Crippen LogP contribution in [-0.4, -0.2) is 27.8 Å². The lowest BCUT2D eigenvalue weighted by molar-refractivity contribution is 0.0923. The lowest BCUT2D eigenvalue weighted by atomic mass is 10.3. The molecule has 0 spiro atoms. The molecule has 0 amide bonds. The number of rotatable bonds is 3. The fourth-order valence-corrected chi connectivity index (χ4v) is 1.36. The Labute approximate surface area is 85.7 Å². The van der Waals surface area contributed by atoms with E-state index in [4.69, 9.17) is 5.11 Å². The normalized spacial score (nSPS) is 10.4. The maximum atomic E-state index is 10.1. The molecule has 2 N–H and O–H groups in total. The first-order valence-electron chi connectivity index (χ1n) is 4.55. The first-order chi connectivity index (χ1) is 7.25. The summed E-state index contributed by atoms with van der Waals surface area (Å²) in [6, 6.07) is 7.63. The number of imidazole rings is 1. The van der Waals surface area contributed by atoms with Gasteiger partial charge in [-0.15, -0.1) is 0 Å². The Kier molecular flexibility index (Phi) is 2.53. The van der Waals surface area contributed by atoms with Gasteiger partial charge in [-0.3, -0.25) is 0 Å². The topological polar surface area (TPSA) is 75.2 Å². The number of carbonyl (C=O) groups is 1. The molecule has 5 nitrogen and oxygen atoms in total. The molecule has 2 aromatic rings. The number of hydrogen-bond acceptors (Lipinski definition) is 3. The van der Waals surface area contributed by atoms with Gasteiger partial charge in [-0.05, 0) is 12.1 Å². The summed E-state index contributed by atoms with van der Waals surface area (Å²) in [7, 11) is 0. The SMILES string of the molecule is O=C(O)OCCc1nc2ccccc2[nH]1. The van der Waals surface area contributed by atoms with E-state index in [-0.39, 0.29) is 6.61 Å². The van der Waals surface area contributed by atoms with Crippen molar-refractivity contribution in [2.75, 3.05) is 6.61 Å². The predicted molar refractivity (Wildman–Crippen MR) is 53.8 cm³/mol. The van der Waals surface area contributed by atoms with E-state index in [1.54, 1.807) is 0 Å². The van der Waals surface area contributed by atoms with Crippen LogP contribution in [0.5, 0.6) is 0 Å². The van der Waals surface area contributed by atoms with Gasteiger partial charge < -0.3 is 14.8 Å². The number of fused-ring (bicyclic) bond motifs is 1. The minimum Gasteiger partial charge on any atom is -0.450 e. The molecule has 0 atom stereocenters. The molecule has 0 saturated heterocycles. The third-order valence-electron chi connectivity index (χ3n) is 2.00. The van der Waals surface area contributed by atoms with Crippen LogP contribution in [0, 0.1) is 0 Å². The Morgan fingerprint density at radius 1 is 1.47 bits per heavy atom. The van der Waals surface area contributed by atoms with Crippen LogP contribution in [0.1, 0.15) is 5.82 Å². The molecule has 0 saturated carbocycles. The minimum atomic E-state index is -1.26. The number of carboxylic acid groups (broad SMARTS) is 1. The lowest BCUT2D eigenvalue weighted by Crippen LogP contribution is -2.05. The van der Waals surface area contributed by atoms with E-state index in [0.717, 1.165) is 16.9 Å². The molecule has 2 rings (SSSR count). The van der Waals surface area contributed by atoms with Gasteiger partial charge in [0.05, 0.1) is 11.0 Å². The number of benzene rings is 1. The molecule has 0 aliphatic heterocycles. The summed E-state index contributed by atoms with van der Waals surface area (Å²) in [5.74, 6) is 0.734. The van der Waals surface area contributed by atoms with Crippen molar-refractivity contribution in [3.63, 3.8) is 0 Å². The Morgan fingerprint density at radius 3 is 3.00 bits per heavy atom. The maximum Gasteiger partial charge on any atom is 0.505 e. The molecule has 15 heavy (non-hydrogen) atoms. The van der Waals surface area contributed by atoms with E-state index in [0.29, 0.717) is 6.42 Å². The Morgan fingerprint density at radius 2 is 2.27 bits per heavy atom. The van der Waals surface area contributed by atoms with Gasteiger partial charge in [-0.25, -0.2) is 9.78 Å². The third-order valence-corrected chi connectivity index (χ3v) is 2.00. The van der Waals surface area contributed by atoms with Crippen LogP contribution in [0.4, 0.5) is 4.79 Å². The first-order valence-corrected chi connectivity index (χ1v) is 4.55. The molecule has 1 aromatic carbocycles. The van der Waals surface area contributed by atoms with E-state index in [9.17, 15) is 4.79 Å². The maximum absolute atomic E-state index is 10.1. The van der Waals surface area contributed by atoms with Gasteiger partial charge in [0.1, 0.15) is 12.4 Å². The van der Waals surface area contributed by atoms with Crippen molar-refractivity contribution in [2.45, 2.75) is 6.42 Å². The molecule has 78 valence electrons. The average Bonchev–Trinajstić information content (AvgIpc) is 2.59. The quantitative estimate of drug-likeness (QED) is 0.751. The van der Waals surface area contributed by atoms with E-state index >= 15 is 0 Å². The van der Waals surface area contributed by atoms with Crippen LogP contribution in [-0.2, 0) is 11.2 Å². The van der Waals surface area contributed by atoms with Crippen LogP contribution in [0.15, 0.2) is 24.3 Å². The molecular formula is C10H10N2O3. The van der Waals surface area contributed by atoms with Gasteiger partial charge >= 0.3 is 6.16 Å². The highest BCUT2D eigenvalue weighted by molar-refractivity contribution is 5.74. The molecular weight excluding hydrogens is 196 g/mol. The molecule has 0 radical (unpaired) electrons. The second kappa shape index (κ2) is 4.00. The fourth-order valence-electron chi connectivity index (χ4n) is 1.36. The summed E-state index contributed by atoms with van der Waals surface area (Å²) in [4.78, 5) is 17.5. The highest BCUT2D eigenvalue weighted by atomic mass is 16.7. The number of H-pyrrole nitrogens is 1. The second-order valence-electron chi connectivity index (χ2n) is 3.07. The molecule has 0 unspecified atom stereocenters. The van der Waals surface area contributed by atoms with Gasteiger partial charge in [-0.1, -0.05) is 12.1 Å². The van der Waals surface area contributed by atoms with Crippen molar-refractivity contribution in [3.8, 4) is 0 Å². The van der Waals surface area contributed by atoms with Crippen LogP contribution < -0.4 is 0 Å². The van der Waals surface area contributed by atoms with Gasteiger partial charge in [0.2, 0.25) is 0 Å². The molecule has 1 aromatic heterocycles. The zero-order chi connectivity index (χ0) is 10.7. The average molecular weight is 206 g/mol. The molecule has 0 aliphatic rings. The summed E-state index contributed by atoms with van der Waals surface area (Å²) >= 11 is 0. The van der Waals surface area contributed by atoms with Crippen LogP contribution in [0.25, 0.3) is 11.0 Å². The summed E-state index contributed by atoms with van der Waals surface area (Å²) < 4.78 is 4.40. The highest BCUT2D eigenvalue weighted by Crippen LogP contribution is 2.10. The number of aromatic nitrogens is 2. The van der Waals surface area contributed by atoms with Crippen molar-refractivity contribution in [2.24, 2.45) is 0 Å². The van der Waals surface area contributed by atoms with Gasteiger partial charge in [0.15, 0.2) is 0 Å². The van der Waals surface area contributed by atoms with Gasteiger partial charge in [-0.2, -0.15) is 0 Å². The second-order valence-corrected chi connectivity index (χ2v) is 3.07. The molecule has 1 heterocycles. The molecule has 0 aliphatic carbocycles. The number of para-hydroxylation sites is 2. The van der Waals surface area contributed by atoms with Crippen molar-refractivity contribution in [1.82, 2.24) is 9.97 Å². The molecule has 5 heteroatoms. The van der Waals surface area contributed by atoms with Crippen molar-refractivity contribution in [3.05, 3.63) is 30.1 Å². The van der Waals surface area contributed by atoms with E-state index < -0.39 is 6.16 Å². The van der Waals surface area contributed by atoms with Crippen LogP contribution in [0.2, 0.25) is 0 Å². The fraction of sp³-hybridized carbons (Fsp3) is 0.200. The summed E-state index contributed by atoms with van der Waals surface area (Å²) in [5.41, 5.74) is 1.82. The van der Waals surface area contributed by atoms with Crippen molar-refractivity contribution >= 4 is 17.2 Å². The molecule has 0 fully saturated rings. The lowest BCUT2D eigenvalue weighted by Gasteiger charge is -1.96. The number of aromatic amines is 1. The van der Waals surface area contributed by atoms with E-state index in [1.807, 2.05) is 24.3 Å². The Bertz CT molecular complexity index is 445. The smallest absolute Gasteiger partial charge is 0.450 e. The number of nitrogens with zero attached hydrogens (tertiary/aromatic N) is 1. The zero-order valence-electron chi connectivity index (χ0n) is 7.93. The standard InChI is InChI=1S/C10H10N2O3/c13-10(14)15-6-5-9-11-7-3-1-2-4-8(7)12-9/h1-4H,5-6H2,(H,11,12)(H,13,14). The number of hydrogen-bond donors (Lipinski definition) is 2. The van der Waals surface area contributed by atoms with Crippen molar-refractivity contribution < 1.29 is 14.6 Å². The Balaban J connectivity index is 2.05. The Hall–Kier alpha value is -2.04. The number of nitrogens with one attached hydrogen (secondary N) is 1. The van der Waals surface area contributed by atoms with E-state index in [1.165, 1.54) is 0 Å². The number of ether oxygens (including phenoxy) is 1. The summed E-state index contributed by atoms with van der Waals surface area (Å²) in [6.07, 6.45) is -0.799. The summed E-state index contributed by atoms with van der Waals surface area (Å²) in [5, 5.41) is 8.28. The van der Waals surface area contributed by atoms with Gasteiger partial charge in [0.25, 0.3) is 0 Å². The van der Waals surface area contributed by atoms with Gasteiger partial charge in [0, 0.05) is 6.42 Å². The summed E-state index contributed by atoms with van der Waals surface area (Å²) in [6.45, 7) is 0.120. The molecule has 0 bridgehead atoms. The predicted octanol–water partition coefficient (Wildman–Crippen LogP) is 1.80. The van der Waals surface area contributed by atoms with Crippen LogP contribution >= 0.6 is 0 Å². The van der Waals surface area contributed by atoms with Crippen molar-refractivity contribution in [1.29, 1.82) is 0 Å².